The molecule has 1 aliphatic rings. The molecule has 0 aromatic carbocycles. The van der Waals surface area contributed by atoms with E-state index in [0.717, 1.165) is 25.1 Å². The topological polar surface area (TPSA) is 38.3 Å². The van der Waals surface area contributed by atoms with Crippen molar-refractivity contribution in [1.29, 1.82) is 0 Å². The second kappa shape index (κ2) is 5.15. The Morgan fingerprint density at radius 2 is 2.00 bits per heavy atom. The number of rotatable bonds is 5. The Morgan fingerprint density at radius 3 is 2.44 bits per heavy atom. The van der Waals surface area contributed by atoms with Crippen molar-refractivity contribution in [2.45, 2.75) is 57.8 Å². The fourth-order valence-electron chi connectivity index (χ4n) is 2.43. The van der Waals surface area contributed by atoms with Crippen molar-refractivity contribution >= 4 is 10.8 Å². The van der Waals surface area contributed by atoms with Crippen molar-refractivity contribution in [2.75, 3.05) is 18.6 Å². The van der Waals surface area contributed by atoms with Gasteiger partial charge in [-0.15, -0.1) is 0 Å². The summed E-state index contributed by atoms with van der Waals surface area (Å²) >= 11 is 0. The van der Waals surface area contributed by atoms with Crippen molar-refractivity contribution in [3.8, 4) is 0 Å². The molecular formula is C12H25NO2S. The molecule has 0 aromatic rings. The summed E-state index contributed by atoms with van der Waals surface area (Å²) in [7, 11) is -0.674. The smallest absolute Gasteiger partial charge is 0.0787 e. The zero-order chi connectivity index (χ0) is 12.4. The Bertz CT molecular complexity index is 264. The Labute approximate surface area is 102 Å². The Hall–Kier alpha value is 0.0700. The molecule has 0 spiro atoms. The molecule has 1 saturated heterocycles. The van der Waals surface area contributed by atoms with Gasteiger partial charge in [0.15, 0.2) is 0 Å². The molecule has 2 unspecified atom stereocenters. The van der Waals surface area contributed by atoms with Gasteiger partial charge in [0, 0.05) is 28.9 Å². The first-order chi connectivity index (χ1) is 7.23. The first-order valence-electron chi connectivity index (χ1n) is 5.96. The third-order valence-electron chi connectivity index (χ3n) is 3.07. The molecule has 4 heteroatoms. The molecule has 0 aromatic heterocycles. The van der Waals surface area contributed by atoms with E-state index in [0.29, 0.717) is 6.04 Å². The van der Waals surface area contributed by atoms with Gasteiger partial charge in [0.25, 0.3) is 0 Å². The van der Waals surface area contributed by atoms with E-state index < -0.39 is 10.8 Å². The number of hydrogen-bond acceptors (Lipinski definition) is 3. The van der Waals surface area contributed by atoms with Crippen molar-refractivity contribution in [1.82, 2.24) is 5.32 Å². The van der Waals surface area contributed by atoms with E-state index in [1.165, 1.54) is 0 Å². The van der Waals surface area contributed by atoms with Crippen LogP contribution in [0.1, 0.15) is 40.5 Å². The molecule has 2 atom stereocenters. The second-order valence-electron chi connectivity index (χ2n) is 5.81. The highest BCUT2D eigenvalue weighted by Gasteiger charge is 2.45. The van der Waals surface area contributed by atoms with E-state index in [9.17, 15) is 4.21 Å². The first kappa shape index (κ1) is 14.1. The molecule has 1 N–H and O–H groups in total. The summed E-state index contributed by atoms with van der Waals surface area (Å²) in [6, 6.07) is 0.396. The Morgan fingerprint density at radius 1 is 1.38 bits per heavy atom. The molecule has 96 valence electrons. The molecule has 0 amide bonds. The van der Waals surface area contributed by atoms with Crippen LogP contribution in [-0.2, 0) is 15.5 Å². The lowest BCUT2D eigenvalue weighted by molar-refractivity contribution is -0.0697. The minimum absolute atomic E-state index is 0.0330. The van der Waals surface area contributed by atoms with Crippen LogP contribution in [0.15, 0.2) is 0 Å². The summed E-state index contributed by atoms with van der Waals surface area (Å²) < 4.78 is 16.9. The van der Waals surface area contributed by atoms with Gasteiger partial charge in [-0.05, 0) is 47.1 Å². The molecule has 0 bridgehead atoms. The molecule has 0 aliphatic carbocycles. The summed E-state index contributed by atoms with van der Waals surface area (Å²) in [6.45, 7) is 9.47. The third kappa shape index (κ3) is 4.15. The lowest BCUT2D eigenvalue weighted by Gasteiger charge is -2.27. The third-order valence-corrected chi connectivity index (χ3v) is 3.94. The van der Waals surface area contributed by atoms with Gasteiger partial charge >= 0.3 is 0 Å². The summed E-state index contributed by atoms with van der Waals surface area (Å²) in [5, 5.41) is 3.52. The van der Waals surface area contributed by atoms with Crippen LogP contribution in [0, 0.1) is 0 Å². The highest BCUT2D eigenvalue weighted by molar-refractivity contribution is 7.84. The van der Waals surface area contributed by atoms with Gasteiger partial charge in [0.1, 0.15) is 0 Å². The van der Waals surface area contributed by atoms with E-state index in [1.807, 2.05) is 0 Å². The van der Waals surface area contributed by atoms with E-state index in [2.05, 4.69) is 33.0 Å². The molecule has 0 radical (unpaired) electrons. The fraction of sp³-hybridized carbons (Fsp3) is 1.00. The maximum absolute atomic E-state index is 10.9. The predicted molar refractivity (Wildman–Crippen MR) is 69.2 cm³/mol. The highest BCUT2D eigenvalue weighted by atomic mass is 32.2. The summed E-state index contributed by atoms with van der Waals surface area (Å²) in [5.74, 6) is 0.782. The summed E-state index contributed by atoms with van der Waals surface area (Å²) in [5.41, 5.74) is -0.135. The van der Waals surface area contributed by atoms with Crippen molar-refractivity contribution in [3.05, 3.63) is 0 Å². The van der Waals surface area contributed by atoms with E-state index in [-0.39, 0.29) is 11.2 Å². The molecule has 3 nitrogen and oxygen atoms in total. The minimum atomic E-state index is -0.674. The average molecular weight is 247 g/mol. The van der Waals surface area contributed by atoms with Crippen LogP contribution < -0.4 is 5.32 Å². The summed E-state index contributed by atoms with van der Waals surface area (Å²) in [4.78, 5) is 0. The number of ether oxygens (including phenoxy) is 1. The van der Waals surface area contributed by atoms with Crippen LogP contribution in [-0.4, -0.2) is 40.0 Å². The number of hydrogen-bond donors (Lipinski definition) is 1. The highest BCUT2D eigenvalue weighted by Crippen LogP contribution is 2.37. The first-order valence-corrected chi connectivity index (χ1v) is 7.69. The van der Waals surface area contributed by atoms with E-state index in [1.54, 1.807) is 6.26 Å². The molecule has 1 fully saturated rings. The van der Waals surface area contributed by atoms with Gasteiger partial charge in [-0.3, -0.25) is 4.21 Å². The zero-order valence-electron chi connectivity index (χ0n) is 11.1. The molecule has 0 saturated carbocycles. The van der Waals surface area contributed by atoms with Crippen molar-refractivity contribution in [3.63, 3.8) is 0 Å². The Kier molecular flexibility index (Phi) is 4.55. The van der Waals surface area contributed by atoms with E-state index in [4.69, 9.17) is 4.74 Å². The van der Waals surface area contributed by atoms with Crippen LogP contribution in [0.2, 0.25) is 0 Å². The van der Waals surface area contributed by atoms with Crippen molar-refractivity contribution in [2.24, 2.45) is 0 Å². The maximum atomic E-state index is 10.9. The predicted octanol–water partition coefficient (Wildman–Crippen LogP) is 1.69. The minimum Gasteiger partial charge on any atom is -0.368 e. The quantitative estimate of drug-likeness (QED) is 0.751. The monoisotopic (exact) mass is 247 g/mol. The maximum Gasteiger partial charge on any atom is 0.0787 e. The average Bonchev–Trinajstić information content (AvgIpc) is 2.27. The van der Waals surface area contributed by atoms with Gasteiger partial charge in [-0.25, -0.2) is 0 Å². The standard InChI is InChI=1S/C12H25NO2S/c1-11(2)9-10(12(3,4)15-11)13-7-6-8-16(5)14/h10,13H,6-9H2,1-5H3. The van der Waals surface area contributed by atoms with Crippen LogP contribution in [0.25, 0.3) is 0 Å². The second-order valence-corrected chi connectivity index (χ2v) is 7.36. The number of nitrogens with one attached hydrogen (secondary N) is 1. The zero-order valence-corrected chi connectivity index (χ0v) is 11.9. The molecular weight excluding hydrogens is 222 g/mol. The molecule has 1 heterocycles. The normalized spacial score (nSPS) is 29.2. The van der Waals surface area contributed by atoms with Gasteiger partial charge in [-0.2, -0.15) is 0 Å². The van der Waals surface area contributed by atoms with Crippen LogP contribution >= 0.6 is 0 Å². The summed E-state index contributed by atoms with van der Waals surface area (Å²) in [6.07, 6.45) is 3.76. The largest absolute Gasteiger partial charge is 0.368 e. The van der Waals surface area contributed by atoms with Crippen LogP contribution in [0.5, 0.6) is 0 Å². The lowest BCUT2D eigenvalue weighted by Crippen LogP contribution is -2.43. The van der Waals surface area contributed by atoms with E-state index >= 15 is 0 Å². The fourth-order valence-corrected chi connectivity index (χ4v) is 2.98. The van der Waals surface area contributed by atoms with Crippen molar-refractivity contribution < 1.29 is 8.95 Å². The Balaban J connectivity index is 2.34. The molecule has 1 rings (SSSR count). The lowest BCUT2D eigenvalue weighted by atomic mass is 9.94. The van der Waals surface area contributed by atoms with Crippen LogP contribution in [0.3, 0.4) is 0 Å². The molecule has 1 aliphatic heterocycles. The van der Waals surface area contributed by atoms with Gasteiger partial charge in [-0.1, -0.05) is 0 Å². The molecule has 16 heavy (non-hydrogen) atoms. The van der Waals surface area contributed by atoms with Gasteiger partial charge < -0.3 is 10.1 Å². The van der Waals surface area contributed by atoms with Gasteiger partial charge in [0.2, 0.25) is 0 Å². The van der Waals surface area contributed by atoms with Crippen LogP contribution in [0.4, 0.5) is 0 Å². The SMILES string of the molecule is CS(=O)CCCNC1CC(C)(C)OC1(C)C. The van der Waals surface area contributed by atoms with Gasteiger partial charge in [0.05, 0.1) is 11.2 Å².